The fraction of sp³-hybridized carbons (Fsp3) is 0.214. The van der Waals surface area contributed by atoms with Crippen molar-refractivity contribution in [2.45, 2.75) is 12.8 Å². The first-order valence-electron chi connectivity index (χ1n) is 6.47. The van der Waals surface area contributed by atoms with E-state index in [4.69, 9.17) is 11.6 Å². The van der Waals surface area contributed by atoms with Gasteiger partial charge in [0.2, 0.25) is 0 Å². The van der Waals surface area contributed by atoms with Crippen LogP contribution in [-0.4, -0.2) is 26.7 Å². The van der Waals surface area contributed by atoms with Gasteiger partial charge in [0, 0.05) is 36.1 Å². The van der Waals surface area contributed by atoms with Gasteiger partial charge in [0.05, 0.1) is 0 Å². The van der Waals surface area contributed by atoms with Crippen molar-refractivity contribution in [1.82, 2.24) is 20.2 Å². The van der Waals surface area contributed by atoms with Gasteiger partial charge in [-0.3, -0.25) is 0 Å². The maximum Gasteiger partial charge on any atom is 0.159 e. The van der Waals surface area contributed by atoms with Crippen molar-refractivity contribution in [3.63, 3.8) is 0 Å². The summed E-state index contributed by atoms with van der Waals surface area (Å²) in [6.45, 7) is 0.807. The van der Waals surface area contributed by atoms with Crippen LogP contribution in [0.2, 0.25) is 5.15 Å². The highest BCUT2D eigenvalue weighted by Crippen LogP contribution is 2.25. The highest BCUT2D eigenvalue weighted by molar-refractivity contribution is 6.34. The first-order chi connectivity index (χ1) is 9.84. The Morgan fingerprint density at radius 1 is 1.15 bits per heavy atom. The van der Waals surface area contributed by atoms with E-state index in [1.807, 2.05) is 30.5 Å². The lowest BCUT2D eigenvalue weighted by Gasteiger charge is -2.08. The molecule has 0 atom stereocenters. The molecule has 6 heteroatoms. The summed E-state index contributed by atoms with van der Waals surface area (Å²) >= 11 is 6.04. The van der Waals surface area contributed by atoms with Crippen molar-refractivity contribution < 1.29 is 0 Å². The summed E-state index contributed by atoms with van der Waals surface area (Å²) in [6, 6.07) is 7.84. The summed E-state index contributed by atoms with van der Waals surface area (Å²) in [4.78, 5) is 7.28. The standard InChI is InChI=1S/C14H14ClN5/c15-13-10-4-1-2-5-11(10)14(20-19-13)18-7-3-6-12-16-8-9-17-12/h1-2,4-5,8-9H,3,6-7H2,(H,16,17)(H,18,20). The van der Waals surface area contributed by atoms with Crippen LogP contribution in [0.4, 0.5) is 5.82 Å². The molecule has 0 saturated carbocycles. The van der Waals surface area contributed by atoms with Crippen molar-refractivity contribution in [3.8, 4) is 0 Å². The van der Waals surface area contributed by atoms with Crippen LogP contribution in [0.25, 0.3) is 10.8 Å². The average Bonchev–Trinajstić information content (AvgIpc) is 2.99. The molecule has 0 spiro atoms. The second-order valence-corrected chi connectivity index (χ2v) is 4.81. The van der Waals surface area contributed by atoms with Gasteiger partial charge in [0.25, 0.3) is 0 Å². The minimum Gasteiger partial charge on any atom is -0.368 e. The summed E-state index contributed by atoms with van der Waals surface area (Å²) < 4.78 is 0. The van der Waals surface area contributed by atoms with E-state index in [0.717, 1.165) is 41.8 Å². The molecule has 0 fully saturated rings. The van der Waals surface area contributed by atoms with E-state index >= 15 is 0 Å². The summed E-state index contributed by atoms with van der Waals surface area (Å²) in [5.41, 5.74) is 0. The Hall–Kier alpha value is -2.14. The number of benzene rings is 1. The maximum atomic E-state index is 6.04. The lowest BCUT2D eigenvalue weighted by atomic mass is 10.2. The van der Waals surface area contributed by atoms with E-state index < -0.39 is 0 Å². The number of halogens is 1. The van der Waals surface area contributed by atoms with Crippen LogP contribution in [0, 0.1) is 0 Å². The van der Waals surface area contributed by atoms with Gasteiger partial charge in [-0.05, 0) is 6.42 Å². The zero-order valence-electron chi connectivity index (χ0n) is 10.8. The number of hydrogen-bond acceptors (Lipinski definition) is 4. The van der Waals surface area contributed by atoms with Gasteiger partial charge < -0.3 is 10.3 Å². The lowest BCUT2D eigenvalue weighted by Crippen LogP contribution is -2.06. The number of aromatic amines is 1. The van der Waals surface area contributed by atoms with Crippen molar-refractivity contribution >= 4 is 28.2 Å². The molecular formula is C14H14ClN5. The summed E-state index contributed by atoms with van der Waals surface area (Å²) in [7, 11) is 0. The zero-order valence-corrected chi connectivity index (χ0v) is 11.6. The minimum atomic E-state index is 0.432. The quantitative estimate of drug-likeness (QED) is 0.708. The zero-order chi connectivity index (χ0) is 13.8. The number of hydrogen-bond donors (Lipinski definition) is 2. The number of aromatic nitrogens is 4. The Labute approximate surface area is 121 Å². The molecule has 102 valence electrons. The van der Waals surface area contributed by atoms with Crippen molar-refractivity contribution in [3.05, 3.63) is 47.6 Å². The van der Waals surface area contributed by atoms with E-state index in [2.05, 4.69) is 25.5 Å². The van der Waals surface area contributed by atoms with Gasteiger partial charge in [-0.15, -0.1) is 10.2 Å². The smallest absolute Gasteiger partial charge is 0.159 e. The first-order valence-corrected chi connectivity index (χ1v) is 6.85. The van der Waals surface area contributed by atoms with Gasteiger partial charge in [0.1, 0.15) is 5.82 Å². The molecule has 0 bridgehead atoms. The Balaban J connectivity index is 1.67. The third-order valence-corrected chi connectivity index (χ3v) is 3.36. The van der Waals surface area contributed by atoms with E-state index in [-0.39, 0.29) is 0 Å². The number of aryl methyl sites for hydroxylation is 1. The van der Waals surface area contributed by atoms with Crippen molar-refractivity contribution in [2.75, 3.05) is 11.9 Å². The normalized spacial score (nSPS) is 10.8. The molecule has 5 nitrogen and oxygen atoms in total. The Morgan fingerprint density at radius 3 is 2.80 bits per heavy atom. The number of nitrogens with zero attached hydrogens (tertiary/aromatic N) is 3. The number of H-pyrrole nitrogens is 1. The topological polar surface area (TPSA) is 66.5 Å². The number of anilines is 1. The number of imidazole rings is 1. The van der Waals surface area contributed by atoms with E-state index in [1.165, 1.54) is 0 Å². The van der Waals surface area contributed by atoms with Crippen LogP contribution in [0.3, 0.4) is 0 Å². The minimum absolute atomic E-state index is 0.432. The van der Waals surface area contributed by atoms with Gasteiger partial charge in [-0.1, -0.05) is 35.9 Å². The lowest BCUT2D eigenvalue weighted by molar-refractivity contribution is 0.812. The monoisotopic (exact) mass is 287 g/mol. The fourth-order valence-electron chi connectivity index (χ4n) is 2.10. The average molecular weight is 288 g/mol. The van der Waals surface area contributed by atoms with E-state index in [1.54, 1.807) is 6.20 Å². The number of fused-ring (bicyclic) bond motifs is 1. The number of nitrogens with one attached hydrogen (secondary N) is 2. The second kappa shape index (κ2) is 5.88. The predicted octanol–water partition coefficient (Wildman–Crippen LogP) is 3.05. The van der Waals surface area contributed by atoms with Gasteiger partial charge >= 0.3 is 0 Å². The SMILES string of the molecule is Clc1nnc(NCCCc2ncc[nH]2)c2ccccc12. The molecule has 0 aliphatic heterocycles. The first kappa shape index (κ1) is 12.9. The molecule has 2 N–H and O–H groups in total. The molecule has 3 aromatic rings. The van der Waals surface area contributed by atoms with Gasteiger partial charge in [-0.25, -0.2) is 4.98 Å². The Morgan fingerprint density at radius 2 is 2.00 bits per heavy atom. The van der Waals surface area contributed by atoms with Crippen LogP contribution in [-0.2, 0) is 6.42 Å². The van der Waals surface area contributed by atoms with Gasteiger partial charge in [-0.2, -0.15) is 0 Å². The second-order valence-electron chi connectivity index (χ2n) is 4.45. The van der Waals surface area contributed by atoms with Crippen LogP contribution in [0.1, 0.15) is 12.2 Å². The molecule has 2 aromatic heterocycles. The molecule has 0 aliphatic rings. The van der Waals surface area contributed by atoms with Crippen LogP contribution in [0.5, 0.6) is 0 Å². The van der Waals surface area contributed by atoms with Crippen LogP contribution in [0.15, 0.2) is 36.7 Å². The van der Waals surface area contributed by atoms with Crippen LogP contribution >= 0.6 is 11.6 Å². The molecule has 0 saturated heterocycles. The van der Waals surface area contributed by atoms with E-state index in [0.29, 0.717) is 5.15 Å². The third-order valence-electron chi connectivity index (χ3n) is 3.08. The molecule has 3 rings (SSSR count). The fourth-order valence-corrected chi connectivity index (χ4v) is 2.30. The van der Waals surface area contributed by atoms with E-state index in [9.17, 15) is 0 Å². The molecule has 0 amide bonds. The summed E-state index contributed by atoms with van der Waals surface area (Å²) in [5.74, 6) is 1.77. The molecule has 2 heterocycles. The third kappa shape index (κ3) is 2.72. The highest BCUT2D eigenvalue weighted by Gasteiger charge is 2.06. The molecular weight excluding hydrogens is 274 g/mol. The summed E-state index contributed by atoms with van der Waals surface area (Å²) in [5, 5.41) is 13.7. The van der Waals surface area contributed by atoms with Gasteiger partial charge in [0.15, 0.2) is 11.0 Å². The Kier molecular flexibility index (Phi) is 3.78. The molecule has 1 aromatic carbocycles. The summed E-state index contributed by atoms with van der Waals surface area (Å²) in [6.07, 6.45) is 5.47. The molecule has 0 radical (unpaired) electrons. The van der Waals surface area contributed by atoms with Crippen molar-refractivity contribution in [2.24, 2.45) is 0 Å². The predicted molar refractivity (Wildman–Crippen MR) is 79.9 cm³/mol. The largest absolute Gasteiger partial charge is 0.368 e. The van der Waals surface area contributed by atoms with Crippen molar-refractivity contribution in [1.29, 1.82) is 0 Å². The highest BCUT2D eigenvalue weighted by atomic mass is 35.5. The number of rotatable bonds is 5. The molecule has 0 aliphatic carbocycles. The van der Waals surface area contributed by atoms with Crippen LogP contribution < -0.4 is 5.32 Å². The maximum absolute atomic E-state index is 6.04. The Bertz CT molecular complexity index is 696. The molecule has 20 heavy (non-hydrogen) atoms. The molecule has 0 unspecified atom stereocenters.